The zero-order valence-corrected chi connectivity index (χ0v) is 16.9. The van der Waals surface area contributed by atoms with E-state index in [9.17, 15) is 4.79 Å². The molecular formula is C24H23N3OS. The number of aromatic amines is 1. The first-order valence-corrected chi connectivity index (χ1v) is 10.9. The third kappa shape index (κ3) is 3.58. The van der Waals surface area contributed by atoms with Crippen molar-refractivity contribution in [3.05, 3.63) is 77.5 Å². The number of carbonyl (C=O) groups is 1. The summed E-state index contributed by atoms with van der Waals surface area (Å²) in [5.74, 6) is 0.243. The third-order valence-corrected chi connectivity index (χ3v) is 6.93. The van der Waals surface area contributed by atoms with Crippen molar-refractivity contribution in [2.75, 3.05) is 6.54 Å². The van der Waals surface area contributed by atoms with Gasteiger partial charge < -0.3 is 10.3 Å². The van der Waals surface area contributed by atoms with Crippen molar-refractivity contribution in [1.82, 2.24) is 15.3 Å². The van der Waals surface area contributed by atoms with Gasteiger partial charge in [0.1, 0.15) is 0 Å². The van der Waals surface area contributed by atoms with E-state index < -0.39 is 0 Å². The number of nitrogens with zero attached hydrogens (tertiary/aromatic N) is 1. The highest BCUT2D eigenvalue weighted by molar-refractivity contribution is 7.18. The van der Waals surface area contributed by atoms with Gasteiger partial charge in [-0.3, -0.25) is 4.79 Å². The monoisotopic (exact) mass is 401 g/mol. The number of fused-ring (bicyclic) bond motifs is 2. The molecule has 2 N–H and O–H groups in total. The van der Waals surface area contributed by atoms with Crippen LogP contribution in [0.3, 0.4) is 0 Å². The highest BCUT2D eigenvalue weighted by Gasteiger charge is 2.32. The Morgan fingerprint density at radius 2 is 1.93 bits per heavy atom. The van der Waals surface area contributed by atoms with Crippen molar-refractivity contribution < 1.29 is 4.79 Å². The zero-order valence-electron chi connectivity index (χ0n) is 16.1. The standard InChI is InChI=1S/C24H23N3OS/c28-23(25-14-13-16-15-26-20-10-4-3-7-17(16)20)18-8-1-2-9-19(18)24-27-21-11-5-6-12-22(21)29-24/h1-7,10-12,15,18-19,26H,8-9,13-14H2,(H,25,28)/t18-,19+/m0/s1. The van der Waals surface area contributed by atoms with Gasteiger partial charge in [0.15, 0.2) is 0 Å². The number of allylic oxidation sites excluding steroid dienone is 2. The first-order chi connectivity index (χ1) is 14.3. The molecule has 0 aliphatic heterocycles. The van der Waals surface area contributed by atoms with E-state index in [4.69, 9.17) is 4.98 Å². The van der Waals surface area contributed by atoms with Gasteiger partial charge in [0.25, 0.3) is 0 Å². The summed E-state index contributed by atoms with van der Waals surface area (Å²) in [5.41, 5.74) is 3.41. The number of hydrogen-bond donors (Lipinski definition) is 2. The van der Waals surface area contributed by atoms with Crippen LogP contribution in [0.25, 0.3) is 21.1 Å². The largest absolute Gasteiger partial charge is 0.361 e. The minimum absolute atomic E-state index is 0.0523. The van der Waals surface area contributed by atoms with Gasteiger partial charge in [0.05, 0.1) is 21.1 Å². The SMILES string of the molecule is O=C(NCCc1c[nH]c2ccccc12)[C@H]1CC=CC[C@H]1c1nc2ccccc2s1. The van der Waals surface area contributed by atoms with Crippen LogP contribution in [0.5, 0.6) is 0 Å². The molecule has 2 aromatic heterocycles. The highest BCUT2D eigenvalue weighted by Crippen LogP contribution is 2.38. The molecule has 5 rings (SSSR count). The molecule has 1 aliphatic carbocycles. The number of amides is 1. The molecule has 0 saturated carbocycles. The van der Waals surface area contributed by atoms with Crippen LogP contribution in [0.4, 0.5) is 0 Å². The molecular weight excluding hydrogens is 378 g/mol. The first kappa shape index (κ1) is 18.1. The topological polar surface area (TPSA) is 57.8 Å². The molecule has 1 aliphatic rings. The lowest BCUT2D eigenvalue weighted by atomic mass is 9.82. The minimum atomic E-state index is -0.0523. The third-order valence-electron chi connectivity index (χ3n) is 5.77. The second-order valence-corrected chi connectivity index (χ2v) is 8.64. The number of para-hydroxylation sites is 2. The van der Waals surface area contributed by atoms with Gasteiger partial charge in [-0.15, -0.1) is 11.3 Å². The smallest absolute Gasteiger partial charge is 0.224 e. The summed E-state index contributed by atoms with van der Waals surface area (Å²) >= 11 is 1.72. The minimum Gasteiger partial charge on any atom is -0.361 e. The van der Waals surface area contributed by atoms with Crippen LogP contribution in [-0.4, -0.2) is 22.4 Å². The Morgan fingerprint density at radius 1 is 1.10 bits per heavy atom. The molecule has 146 valence electrons. The molecule has 4 aromatic rings. The lowest BCUT2D eigenvalue weighted by Crippen LogP contribution is -2.36. The van der Waals surface area contributed by atoms with Crippen molar-refractivity contribution >= 4 is 38.4 Å². The lowest BCUT2D eigenvalue weighted by Gasteiger charge is -2.26. The van der Waals surface area contributed by atoms with E-state index in [2.05, 4.69) is 46.7 Å². The summed E-state index contributed by atoms with van der Waals surface area (Å²) in [7, 11) is 0. The first-order valence-electron chi connectivity index (χ1n) is 10.1. The number of H-pyrrole nitrogens is 1. The van der Waals surface area contributed by atoms with E-state index in [0.717, 1.165) is 35.3 Å². The molecule has 29 heavy (non-hydrogen) atoms. The lowest BCUT2D eigenvalue weighted by molar-refractivity contribution is -0.125. The average Bonchev–Trinajstić information content (AvgIpc) is 3.38. The van der Waals surface area contributed by atoms with Crippen LogP contribution in [0.1, 0.15) is 29.3 Å². The number of hydrogen-bond acceptors (Lipinski definition) is 3. The second kappa shape index (κ2) is 7.84. The van der Waals surface area contributed by atoms with Crippen LogP contribution in [-0.2, 0) is 11.2 Å². The predicted octanol–water partition coefficient (Wildman–Crippen LogP) is 5.19. The second-order valence-electron chi connectivity index (χ2n) is 7.58. The summed E-state index contributed by atoms with van der Waals surface area (Å²) in [6.45, 7) is 0.646. The Labute approximate surface area is 173 Å². The number of rotatable bonds is 5. The van der Waals surface area contributed by atoms with Crippen molar-refractivity contribution in [2.24, 2.45) is 5.92 Å². The van der Waals surface area contributed by atoms with Gasteiger partial charge in [-0.25, -0.2) is 4.98 Å². The Hall–Kier alpha value is -2.92. The van der Waals surface area contributed by atoms with Crippen LogP contribution in [0, 0.1) is 5.92 Å². The molecule has 1 amide bonds. The van der Waals surface area contributed by atoms with Crippen LogP contribution in [0.2, 0.25) is 0 Å². The fraction of sp³-hybridized carbons (Fsp3) is 0.250. The van der Waals surface area contributed by atoms with E-state index in [1.165, 1.54) is 15.6 Å². The summed E-state index contributed by atoms with van der Waals surface area (Å²) in [4.78, 5) is 21.1. The highest BCUT2D eigenvalue weighted by atomic mass is 32.1. The quantitative estimate of drug-likeness (QED) is 0.452. The number of nitrogens with one attached hydrogen (secondary N) is 2. The van der Waals surface area contributed by atoms with Crippen LogP contribution in [0.15, 0.2) is 66.9 Å². The van der Waals surface area contributed by atoms with Gasteiger partial charge in [0.2, 0.25) is 5.91 Å². The average molecular weight is 402 g/mol. The van der Waals surface area contributed by atoms with Crippen molar-refractivity contribution in [3.8, 4) is 0 Å². The molecule has 0 radical (unpaired) electrons. The van der Waals surface area contributed by atoms with Gasteiger partial charge in [0, 0.05) is 29.6 Å². The normalized spacial score (nSPS) is 19.0. The van der Waals surface area contributed by atoms with Gasteiger partial charge in [-0.1, -0.05) is 42.5 Å². The van der Waals surface area contributed by atoms with Crippen molar-refractivity contribution in [2.45, 2.75) is 25.2 Å². The van der Waals surface area contributed by atoms with Crippen molar-refractivity contribution in [3.63, 3.8) is 0 Å². The van der Waals surface area contributed by atoms with Crippen LogP contribution >= 0.6 is 11.3 Å². The molecule has 0 spiro atoms. The number of benzene rings is 2. The Kier molecular flexibility index (Phi) is 4.90. The Balaban J connectivity index is 1.28. The van der Waals surface area contributed by atoms with Crippen LogP contribution < -0.4 is 5.32 Å². The Morgan fingerprint density at radius 3 is 2.86 bits per heavy atom. The van der Waals surface area contributed by atoms with E-state index >= 15 is 0 Å². The van der Waals surface area contributed by atoms with E-state index in [1.54, 1.807) is 11.3 Å². The van der Waals surface area contributed by atoms with E-state index in [-0.39, 0.29) is 17.7 Å². The van der Waals surface area contributed by atoms with E-state index in [1.807, 2.05) is 30.5 Å². The van der Waals surface area contributed by atoms with E-state index in [0.29, 0.717) is 6.54 Å². The fourth-order valence-electron chi connectivity index (χ4n) is 4.22. The maximum Gasteiger partial charge on any atom is 0.224 e. The molecule has 2 heterocycles. The maximum absolute atomic E-state index is 13.0. The van der Waals surface area contributed by atoms with Gasteiger partial charge in [-0.05, 0) is 43.0 Å². The summed E-state index contributed by atoms with van der Waals surface area (Å²) < 4.78 is 1.19. The number of thiazole rings is 1. The van der Waals surface area contributed by atoms with Crippen molar-refractivity contribution in [1.29, 1.82) is 0 Å². The van der Waals surface area contributed by atoms with Gasteiger partial charge in [-0.2, -0.15) is 0 Å². The molecule has 5 heteroatoms. The predicted molar refractivity (Wildman–Crippen MR) is 119 cm³/mol. The molecule has 2 aromatic carbocycles. The molecule has 4 nitrogen and oxygen atoms in total. The molecule has 0 unspecified atom stereocenters. The molecule has 0 fully saturated rings. The number of carbonyl (C=O) groups excluding carboxylic acids is 1. The maximum atomic E-state index is 13.0. The molecule has 0 bridgehead atoms. The summed E-state index contributed by atoms with van der Waals surface area (Å²) in [6, 6.07) is 16.5. The molecule has 2 atom stereocenters. The van der Waals surface area contributed by atoms with Gasteiger partial charge >= 0.3 is 0 Å². The fourth-order valence-corrected chi connectivity index (χ4v) is 5.36. The summed E-state index contributed by atoms with van der Waals surface area (Å²) in [6.07, 6.45) is 8.84. The number of aromatic nitrogens is 2. The Bertz CT molecular complexity index is 1160. The zero-order chi connectivity index (χ0) is 19.6. The molecule has 0 saturated heterocycles. The summed E-state index contributed by atoms with van der Waals surface area (Å²) in [5, 5.41) is 5.49.